The normalized spacial score (nSPS) is 10.1. The summed E-state index contributed by atoms with van der Waals surface area (Å²) in [6.07, 6.45) is 0. The molecule has 0 saturated heterocycles. The third-order valence-electron chi connectivity index (χ3n) is 2.48. The van der Waals surface area contributed by atoms with Crippen molar-refractivity contribution in [2.75, 3.05) is 0 Å². The molecule has 0 fully saturated rings. The second kappa shape index (κ2) is 4.19. The fourth-order valence-corrected chi connectivity index (χ4v) is 1.62. The molecule has 0 aliphatic rings. The predicted molar refractivity (Wildman–Crippen MR) is 63.5 cm³/mol. The van der Waals surface area contributed by atoms with Crippen molar-refractivity contribution in [3.8, 4) is 16.9 Å². The molecule has 2 aromatic rings. The highest BCUT2D eigenvalue weighted by atomic mass is 16.3. The van der Waals surface area contributed by atoms with Gasteiger partial charge >= 0.3 is 0 Å². The number of carbonyl (C=O) groups excluding carboxylic acids is 1. The summed E-state index contributed by atoms with van der Waals surface area (Å²) in [5.41, 5.74) is 2.25. The molecular weight excluding hydrogens is 200 g/mol. The van der Waals surface area contributed by atoms with Gasteiger partial charge in [-0.2, -0.15) is 0 Å². The van der Waals surface area contributed by atoms with Gasteiger partial charge in [0, 0.05) is 11.1 Å². The van der Waals surface area contributed by atoms with Crippen LogP contribution in [0.3, 0.4) is 0 Å². The number of aromatic hydroxyl groups is 1. The molecule has 2 heteroatoms. The van der Waals surface area contributed by atoms with Gasteiger partial charge in [0.25, 0.3) is 0 Å². The minimum atomic E-state index is 0.0253. The minimum Gasteiger partial charge on any atom is -0.507 e. The average Bonchev–Trinajstić information content (AvgIpc) is 2.30. The maximum atomic E-state index is 11.3. The van der Waals surface area contributed by atoms with Gasteiger partial charge in [0.2, 0.25) is 0 Å². The van der Waals surface area contributed by atoms with Gasteiger partial charge in [-0.15, -0.1) is 0 Å². The Labute approximate surface area is 94.2 Å². The number of ketones is 1. The summed E-state index contributed by atoms with van der Waals surface area (Å²) in [4.78, 5) is 11.3. The van der Waals surface area contributed by atoms with Gasteiger partial charge < -0.3 is 5.11 Å². The Morgan fingerprint density at radius 2 is 1.81 bits per heavy atom. The summed E-state index contributed by atoms with van der Waals surface area (Å²) in [6.45, 7) is 1.53. The first kappa shape index (κ1) is 10.4. The Kier molecular flexibility index (Phi) is 2.73. The van der Waals surface area contributed by atoms with Crippen LogP contribution in [0.5, 0.6) is 5.75 Å². The monoisotopic (exact) mass is 212 g/mol. The van der Waals surface area contributed by atoms with Crippen LogP contribution >= 0.6 is 0 Å². The van der Waals surface area contributed by atoms with E-state index >= 15 is 0 Å². The first-order valence-electron chi connectivity index (χ1n) is 5.08. The van der Waals surface area contributed by atoms with E-state index in [0.29, 0.717) is 5.56 Å². The third-order valence-corrected chi connectivity index (χ3v) is 2.48. The van der Waals surface area contributed by atoms with E-state index in [9.17, 15) is 9.90 Å². The van der Waals surface area contributed by atoms with Gasteiger partial charge in [0.1, 0.15) is 5.75 Å². The summed E-state index contributed by atoms with van der Waals surface area (Å²) in [5, 5.41) is 9.71. The molecule has 0 heterocycles. The highest BCUT2D eigenvalue weighted by Gasteiger charge is 2.05. The highest BCUT2D eigenvalue weighted by Crippen LogP contribution is 2.28. The summed E-state index contributed by atoms with van der Waals surface area (Å²) < 4.78 is 0. The number of benzene rings is 2. The summed E-state index contributed by atoms with van der Waals surface area (Å²) in [7, 11) is 0. The Morgan fingerprint density at radius 3 is 2.50 bits per heavy atom. The van der Waals surface area contributed by atoms with Crippen molar-refractivity contribution in [1.82, 2.24) is 0 Å². The fraction of sp³-hybridized carbons (Fsp3) is 0.0714. The average molecular weight is 212 g/mol. The van der Waals surface area contributed by atoms with Crippen LogP contribution < -0.4 is 0 Å². The Morgan fingerprint density at radius 1 is 1.06 bits per heavy atom. The van der Waals surface area contributed by atoms with E-state index in [1.165, 1.54) is 6.92 Å². The number of rotatable bonds is 2. The fourth-order valence-electron chi connectivity index (χ4n) is 1.62. The maximum absolute atomic E-state index is 11.3. The number of carbonyl (C=O) groups is 1. The van der Waals surface area contributed by atoms with Crippen LogP contribution in [0.25, 0.3) is 11.1 Å². The number of phenols is 1. The zero-order valence-corrected chi connectivity index (χ0v) is 8.97. The van der Waals surface area contributed by atoms with Crippen molar-refractivity contribution in [2.24, 2.45) is 0 Å². The van der Waals surface area contributed by atoms with Gasteiger partial charge in [-0.05, 0) is 24.6 Å². The first-order valence-corrected chi connectivity index (χ1v) is 5.08. The molecule has 0 saturated carbocycles. The number of hydrogen-bond acceptors (Lipinski definition) is 2. The summed E-state index contributed by atoms with van der Waals surface area (Å²) >= 11 is 0. The lowest BCUT2D eigenvalue weighted by Crippen LogP contribution is -1.91. The van der Waals surface area contributed by atoms with Crippen LogP contribution in [-0.2, 0) is 0 Å². The molecule has 80 valence electrons. The lowest BCUT2D eigenvalue weighted by molar-refractivity contribution is 0.101. The van der Waals surface area contributed by atoms with E-state index in [1.54, 1.807) is 24.3 Å². The molecular formula is C14H12O2. The van der Waals surface area contributed by atoms with Crippen molar-refractivity contribution >= 4 is 5.78 Å². The molecule has 0 aliphatic carbocycles. The van der Waals surface area contributed by atoms with E-state index in [1.807, 2.05) is 24.3 Å². The number of para-hydroxylation sites is 1. The second-order valence-electron chi connectivity index (χ2n) is 3.65. The molecule has 0 bridgehead atoms. The second-order valence-corrected chi connectivity index (χ2v) is 3.65. The summed E-state index contributed by atoms with van der Waals surface area (Å²) in [6, 6.07) is 14.3. The van der Waals surface area contributed by atoms with Crippen molar-refractivity contribution < 1.29 is 9.90 Å². The van der Waals surface area contributed by atoms with Crippen molar-refractivity contribution in [2.45, 2.75) is 6.92 Å². The van der Waals surface area contributed by atoms with Crippen molar-refractivity contribution in [3.05, 3.63) is 54.1 Å². The molecule has 0 amide bonds. The number of Topliss-reactive ketones (excluding diaryl/α,β-unsaturated/α-hetero) is 1. The standard InChI is InChI=1S/C14H12O2/c1-10(15)11-5-4-6-12(9-11)13-7-2-3-8-14(13)16/h2-9,16H,1H3. The van der Waals surface area contributed by atoms with E-state index in [4.69, 9.17) is 0 Å². The maximum Gasteiger partial charge on any atom is 0.159 e. The summed E-state index contributed by atoms with van der Waals surface area (Å²) in [5.74, 6) is 0.250. The molecule has 0 unspecified atom stereocenters. The van der Waals surface area contributed by atoms with Gasteiger partial charge in [0.05, 0.1) is 0 Å². The van der Waals surface area contributed by atoms with Crippen molar-refractivity contribution in [3.63, 3.8) is 0 Å². The topological polar surface area (TPSA) is 37.3 Å². The lowest BCUT2D eigenvalue weighted by Gasteiger charge is -2.05. The molecule has 1 N–H and O–H groups in total. The largest absolute Gasteiger partial charge is 0.507 e. The quantitative estimate of drug-likeness (QED) is 0.776. The van der Waals surface area contributed by atoms with Gasteiger partial charge in [-0.1, -0.05) is 36.4 Å². The van der Waals surface area contributed by atoms with Crippen LogP contribution in [0, 0.1) is 0 Å². The first-order chi connectivity index (χ1) is 7.68. The van der Waals surface area contributed by atoms with E-state index < -0.39 is 0 Å². The molecule has 2 nitrogen and oxygen atoms in total. The van der Waals surface area contributed by atoms with E-state index in [-0.39, 0.29) is 11.5 Å². The molecule has 0 spiro atoms. The van der Waals surface area contributed by atoms with Crippen LogP contribution in [0.15, 0.2) is 48.5 Å². The molecule has 0 aliphatic heterocycles. The van der Waals surface area contributed by atoms with Crippen LogP contribution in [0.2, 0.25) is 0 Å². The van der Waals surface area contributed by atoms with E-state index in [2.05, 4.69) is 0 Å². The minimum absolute atomic E-state index is 0.0253. The van der Waals surface area contributed by atoms with Gasteiger partial charge in [-0.25, -0.2) is 0 Å². The van der Waals surface area contributed by atoms with E-state index in [0.717, 1.165) is 11.1 Å². The Balaban J connectivity index is 2.53. The zero-order chi connectivity index (χ0) is 11.5. The number of hydrogen-bond donors (Lipinski definition) is 1. The van der Waals surface area contributed by atoms with Gasteiger partial charge in [-0.3, -0.25) is 4.79 Å². The highest BCUT2D eigenvalue weighted by molar-refractivity contribution is 5.95. The Bertz CT molecular complexity index is 530. The number of phenolic OH excluding ortho intramolecular Hbond substituents is 1. The lowest BCUT2D eigenvalue weighted by atomic mass is 10.0. The SMILES string of the molecule is CC(=O)c1cccc(-c2ccccc2O)c1. The van der Waals surface area contributed by atoms with Crippen LogP contribution in [-0.4, -0.2) is 10.9 Å². The van der Waals surface area contributed by atoms with Crippen LogP contribution in [0.1, 0.15) is 17.3 Å². The molecule has 0 radical (unpaired) electrons. The van der Waals surface area contributed by atoms with Crippen LogP contribution in [0.4, 0.5) is 0 Å². The molecule has 16 heavy (non-hydrogen) atoms. The Hall–Kier alpha value is -2.09. The van der Waals surface area contributed by atoms with Crippen molar-refractivity contribution in [1.29, 1.82) is 0 Å². The molecule has 2 aromatic carbocycles. The molecule has 0 atom stereocenters. The predicted octanol–water partition coefficient (Wildman–Crippen LogP) is 3.26. The smallest absolute Gasteiger partial charge is 0.159 e. The van der Waals surface area contributed by atoms with Gasteiger partial charge in [0.15, 0.2) is 5.78 Å². The third kappa shape index (κ3) is 1.96. The zero-order valence-electron chi connectivity index (χ0n) is 8.97. The molecule has 2 rings (SSSR count). The molecule has 0 aromatic heterocycles.